The van der Waals surface area contributed by atoms with Crippen LogP contribution < -0.4 is 5.32 Å². The number of carbonyl (C=O) groups excluding carboxylic acids is 1. The molecule has 0 saturated heterocycles. The van der Waals surface area contributed by atoms with Gasteiger partial charge in [-0.1, -0.05) is 17.7 Å². The van der Waals surface area contributed by atoms with Crippen LogP contribution in [0.15, 0.2) is 34.8 Å². The summed E-state index contributed by atoms with van der Waals surface area (Å²) in [6.07, 6.45) is 3.13. The first-order chi connectivity index (χ1) is 6.63. The molecule has 4 heteroatoms. The number of allylic oxidation sites excluding steroid dienone is 1. The van der Waals surface area contributed by atoms with Gasteiger partial charge in [0.2, 0.25) is 5.91 Å². The van der Waals surface area contributed by atoms with Gasteiger partial charge in [-0.3, -0.25) is 4.79 Å². The molecule has 0 aliphatic carbocycles. The van der Waals surface area contributed by atoms with Gasteiger partial charge in [0, 0.05) is 10.2 Å². The summed E-state index contributed by atoms with van der Waals surface area (Å²) in [7, 11) is 0. The van der Waals surface area contributed by atoms with Crippen LogP contribution in [0.4, 0.5) is 5.69 Å². The zero-order valence-electron chi connectivity index (χ0n) is 7.55. The number of carbonyl (C=O) groups is 1. The van der Waals surface area contributed by atoms with E-state index in [0.717, 1.165) is 4.47 Å². The lowest BCUT2D eigenvalue weighted by atomic mass is 10.3. The van der Waals surface area contributed by atoms with Crippen LogP contribution in [0, 0.1) is 0 Å². The Hall–Kier alpha value is -0.800. The van der Waals surface area contributed by atoms with Crippen LogP contribution >= 0.6 is 27.5 Å². The van der Waals surface area contributed by atoms with Gasteiger partial charge in [-0.05, 0) is 47.1 Å². The Morgan fingerprint density at radius 1 is 1.57 bits per heavy atom. The topological polar surface area (TPSA) is 29.1 Å². The van der Waals surface area contributed by atoms with Gasteiger partial charge in [-0.25, -0.2) is 0 Å². The molecule has 0 bridgehead atoms. The number of rotatable bonds is 2. The van der Waals surface area contributed by atoms with Gasteiger partial charge in [-0.15, -0.1) is 0 Å². The van der Waals surface area contributed by atoms with Crippen molar-refractivity contribution in [3.63, 3.8) is 0 Å². The second-order valence-corrected chi connectivity index (χ2v) is 3.88. The molecule has 0 aliphatic rings. The van der Waals surface area contributed by atoms with Crippen LogP contribution in [-0.4, -0.2) is 5.91 Å². The third-order valence-electron chi connectivity index (χ3n) is 1.51. The van der Waals surface area contributed by atoms with Gasteiger partial charge in [0.05, 0.1) is 5.02 Å². The molecular formula is C10H9BrClNO. The van der Waals surface area contributed by atoms with E-state index in [1.807, 2.05) is 0 Å². The van der Waals surface area contributed by atoms with Crippen LogP contribution in [0.1, 0.15) is 6.92 Å². The average Bonchev–Trinajstić information content (AvgIpc) is 2.12. The Morgan fingerprint density at radius 3 is 2.86 bits per heavy atom. The fraction of sp³-hybridized carbons (Fsp3) is 0.100. The highest BCUT2D eigenvalue weighted by Crippen LogP contribution is 2.25. The molecule has 0 aromatic heterocycles. The van der Waals surface area contributed by atoms with Crippen molar-refractivity contribution in [2.24, 2.45) is 0 Å². The van der Waals surface area contributed by atoms with Crippen LogP contribution in [0.2, 0.25) is 5.02 Å². The number of halogens is 2. The highest BCUT2D eigenvalue weighted by Gasteiger charge is 2.00. The molecular weight excluding hydrogens is 265 g/mol. The van der Waals surface area contributed by atoms with E-state index in [2.05, 4.69) is 21.2 Å². The number of hydrogen-bond donors (Lipinski definition) is 1. The number of anilines is 1. The van der Waals surface area contributed by atoms with Crippen molar-refractivity contribution in [1.82, 2.24) is 0 Å². The van der Waals surface area contributed by atoms with Crippen molar-refractivity contribution in [3.05, 3.63) is 39.8 Å². The van der Waals surface area contributed by atoms with Crippen molar-refractivity contribution in [3.8, 4) is 0 Å². The molecule has 0 radical (unpaired) electrons. The van der Waals surface area contributed by atoms with Gasteiger partial charge >= 0.3 is 0 Å². The smallest absolute Gasteiger partial charge is 0.248 e. The van der Waals surface area contributed by atoms with E-state index >= 15 is 0 Å². The minimum absolute atomic E-state index is 0.161. The molecule has 1 amide bonds. The highest BCUT2D eigenvalue weighted by atomic mass is 79.9. The molecule has 1 aromatic carbocycles. The summed E-state index contributed by atoms with van der Waals surface area (Å²) < 4.78 is 0.809. The lowest BCUT2D eigenvalue weighted by Crippen LogP contribution is -2.07. The summed E-state index contributed by atoms with van der Waals surface area (Å²) in [6, 6.07) is 5.25. The van der Waals surface area contributed by atoms with Crippen molar-refractivity contribution in [2.45, 2.75) is 6.92 Å². The lowest BCUT2D eigenvalue weighted by molar-refractivity contribution is -0.111. The van der Waals surface area contributed by atoms with Crippen LogP contribution in [0.25, 0.3) is 0 Å². The molecule has 0 aliphatic heterocycles. The van der Waals surface area contributed by atoms with Crippen molar-refractivity contribution >= 4 is 39.1 Å². The van der Waals surface area contributed by atoms with Crippen molar-refractivity contribution in [2.75, 3.05) is 5.32 Å². The fourth-order valence-electron chi connectivity index (χ4n) is 0.909. The Kier molecular flexibility index (Phi) is 4.17. The Morgan fingerprint density at radius 2 is 2.29 bits per heavy atom. The highest BCUT2D eigenvalue weighted by molar-refractivity contribution is 9.10. The SMILES string of the molecule is CC=CC(=O)Nc1ccc(Br)c(Cl)c1. The standard InChI is InChI=1S/C10H9BrClNO/c1-2-3-10(14)13-7-4-5-8(11)9(12)6-7/h2-6H,1H3,(H,13,14). The molecule has 2 nitrogen and oxygen atoms in total. The third kappa shape index (κ3) is 3.16. The van der Waals surface area contributed by atoms with Gasteiger partial charge in [0.15, 0.2) is 0 Å². The molecule has 14 heavy (non-hydrogen) atoms. The van der Waals surface area contributed by atoms with E-state index in [0.29, 0.717) is 10.7 Å². The zero-order chi connectivity index (χ0) is 10.6. The van der Waals surface area contributed by atoms with Crippen molar-refractivity contribution < 1.29 is 4.79 Å². The Balaban J connectivity index is 2.78. The van der Waals surface area contributed by atoms with Gasteiger partial charge in [0.1, 0.15) is 0 Å². The van der Waals surface area contributed by atoms with Crippen LogP contribution in [-0.2, 0) is 4.79 Å². The molecule has 0 fully saturated rings. The largest absolute Gasteiger partial charge is 0.322 e. The maximum absolute atomic E-state index is 11.2. The quantitative estimate of drug-likeness (QED) is 0.820. The summed E-state index contributed by atoms with van der Waals surface area (Å²) in [5.41, 5.74) is 0.682. The maximum Gasteiger partial charge on any atom is 0.248 e. The molecule has 0 atom stereocenters. The molecule has 1 rings (SSSR count). The first-order valence-corrected chi connectivity index (χ1v) is 5.19. The van der Waals surface area contributed by atoms with E-state index in [-0.39, 0.29) is 5.91 Å². The average molecular weight is 275 g/mol. The van der Waals surface area contributed by atoms with E-state index in [1.165, 1.54) is 6.08 Å². The van der Waals surface area contributed by atoms with E-state index < -0.39 is 0 Å². The minimum Gasteiger partial charge on any atom is -0.322 e. The summed E-state index contributed by atoms with van der Waals surface area (Å²) >= 11 is 9.13. The number of hydrogen-bond acceptors (Lipinski definition) is 1. The molecule has 0 saturated carbocycles. The normalized spacial score (nSPS) is 10.5. The van der Waals surface area contributed by atoms with Crippen LogP contribution in [0.5, 0.6) is 0 Å². The summed E-state index contributed by atoms with van der Waals surface area (Å²) in [6.45, 7) is 1.79. The predicted molar refractivity (Wildman–Crippen MR) is 62.6 cm³/mol. The zero-order valence-corrected chi connectivity index (χ0v) is 9.89. The van der Waals surface area contributed by atoms with E-state index in [4.69, 9.17) is 11.6 Å². The summed E-state index contributed by atoms with van der Waals surface area (Å²) in [5, 5.41) is 3.25. The second-order valence-electron chi connectivity index (χ2n) is 2.62. The maximum atomic E-state index is 11.2. The first kappa shape index (κ1) is 11.3. The van der Waals surface area contributed by atoms with Crippen LogP contribution in [0.3, 0.4) is 0 Å². The fourth-order valence-corrected chi connectivity index (χ4v) is 1.34. The van der Waals surface area contributed by atoms with E-state index in [9.17, 15) is 4.79 Å². The third-order valence-corrected chi connectivity index (χ3v) is 2.74. The Labute approximate surface area is 96.1 Å². The molecule has 1 N–H and O–H groups in total. The first-order valence-electron chi connectivity index (χ1n) is 4.02. The summed E-state index contributed by atoms with van der Waals surface area (Å²) in [4.78, 5) is 11.2. The lowest BCUT2D eigenvalue weighted by Gasteiger charge is -2.03. The Bertz CT molecular complexity index is 376. The van der Waals surface area contributed by atoms with E-state index in [1.54, 1.807) is 31.2 Å². The molecule has 1 aromatic rings. The second kappa shape index (κ2) is 5.17. The number of amides is 1. The van der Waals surface area contributed by atoms with Gasteiger partial charge < -0.3 is 5.32 Å². The molecule has 0 spiro atoms. The number of nitrogens with one attached hydrogen (secondary N) is 1. The minimum atomic E-state index is -0.161. The van der Waals surface area contributed by atoms with Gasteiger partial charge in [0.25, 0.3) is 0 Å². The van der Waals surface area contributed by atoms with Crippen molar-refractivity contribution in [1.29, 1.82) is 0 Å². The molecule has 74 valence electrons. The predicted octanol–water partition coefficient (Wildman–Crippen LogP) is 3.62. The number of benzene rings is 1. The molecule has 0 unspecified atom stereocenters. The molecule has 0 heterocycles. The summed E-state index contributed by atoms with van der Waals surface area (Å²) in [5.74, 6) is -0.161. The van der Waals surface area contributed by atoms with Gasteiger partial charge in [-0.2, -0.15) is 0 Å². The monoisotopic (exact) mass is 273 g/mol.